The number of hydrogen-bond acceptors (Lipinski definition) is 4. The van der Waals surface area contributed by atoms with Gasteiger partial charge in [0.25, 0.3) is 0 Å². The lowest BCUT2D eigenvalue weighted by molar-refractivity contribution is -0.118. The molecule has 0 aliphatic heterocycles. The van der Waals surface area contributed by atoms with E-state index < -0.39 is 0 Å². The normalized spacial score (nSPS) is 16.3. The molecule has 0 heterocycles. The second kappa shape index (κ2) is 9.15. The maximum Gasteiger partial charge on any atom is 0.144 e. The molecule has 0 aromatic heterocycles. The first-order chi connectivity index (χ1) is 15.1. The number of aryl methyl sites for hydroxylation is 2. The Morgan fingerprint density at radius 2 is 1.66 bits per heavy atom. The molecule has 3 rings (SSSR count). The van der Waals surface area contributed by atoms with Crippen molar-refractivity contribution in [1.29, 1.82) is 5.41 Å². The van der Waals surface area contributed by atoms with E-state index in [1.165, 1.54) is 5.56 Å². The molecule has 1 unspecified atom stereocenters. The Bertz CT molecular complexity index is 1200. The molecule has 1 N–H and O–H groups in total. The van der Waals surface area contributed by atoms with Crippen LogP contribution in [0, 0.1) is 19.3 Å². The second-order valence-electron chi connectivity index (χ2n) is 8.90. The molecule has 0 saturated carbocycles. The number of rotatable bonds is 6. The zero-order chi connectivity index (χ0) is 23.7. The SMILES string of the molecule is COC1=CC(=Cc2c(C)cc3cc(C)cc(C(C)C(C)=O)c3c2C(C)C)C(OC)=CC1=N. The molecule has 168 valence electrons. The number of methoxy groups -OCH3 is 2. The number of Topliss-reactive ketones (excluding diaryl/α,β-unsaturated/α-hetero) is 1. The fourth-order valence-electron chi connectivity index (χ4n) is 4.47. The molecule has 32 heavy (non-hydrogen) atoms. The van der Waals surface area contributed by atoms with Crippen molar-refractivity contribution in [2.45, 2.75) is 53.4 Å². The molecule has 0 radical (unpaired) electrons. The molecule has 1 aliphatic carbocycles. The maximum absolute atomic E-state index is 12.4. The van der Waals surface area contributed by atoms with Gasteiger partial charge in [-0.05, 0) is 71.9 Å². The second-order valence-corrected chi connectivity index (χ2v) is 8.90. The first kappa shape index (κ1) is 23.5. The molecule has 0 amide bonds. The van der Waals surface area contributed by atoms with Gasteiger partial charge < -0.3 is 9.47 Å². The van der Waals surface area contributed by atoms with Gasteiger partial charge in [-0.15, -0.1) is 0 Å². The van der Waals surface area contributed by atoms with Crippen LogP contribution in [0.2, 0.25) is 0 Å². The topological polar surface area (TPSA) is 59.4 Å². The predicted molar refractivity (Wildman–Crippen MR) is 132 cm³/mol. The summed E-state index contributed by atoms with van der Waals surface area (Å²) in [5.41, 5.74) is 6.88. The summed E-state index contributed by atoms with van der Waals surface area (Å²) < 4.78 is 11.0. The van der Waals surface area contributed by atoms with E-state index in [1.54, 1.807) is 27.2 Å². The lowest BCUT2D eigenvalue weighted by Crippen LogP contribution is -2.10. The van der Waals surface area contributed by atoms with Crippen LogP contribution in [-0.4, -0.2) is 25.7 Å². The van der Waals surface area contributed by atoms with Crippen LogP contribution in [-0.2, 0) is 14.3 Å². The Kier molecular flexibility index (Phi) is 6.73. The number of carbonyl (C=O) groups is 1. The van der Waals surface area contributed by atoms with E-state index in [1.807, 2.05) is 13.0 Å². The van der Waals surface area contributed by atoms with Crippen molar-refractivity contribution in [2.75, 3.05) is 14.2 Å². The number of ether oxygens (including phenoxy) is 2. The van der Waals surface area contributed by atoms with E-state index in [4.69, 9.17) is 14.9 Å². The van der Waals surface area contributed by atoms with Crippen LogP contribution in [0.15, 0.2) is 47.4 Å². The van der Waals surface area contributed by atoms with Gasteiger partial charge in [0.2, 0.25) is 0 Å². The Morgan fingerprint density at radius 1 is 1.00 bits per heavy atom. The number of allylic oxidation sites excluding steroid dienone is 2. The molecule has 4 nitrogen and oxygen atoms in total. The molecule has 4 heteroatoms. The summed E-state index contributed by atoms with van der Waals surface area (Å²) in [7, 11) is 3.19. The minimum atomic E-state index is -0.178. The largest absolute Gasteiger partial charge is 0.496 e. The Labute approximate surface area is 191 Å². The van der Waals surface area contributed by atoms with Gasteiger partial charge in [0.05, 0.1) is 19.9 Å². The molecular weight excluding hydrogens is 398 g/mol. The summed E-state index contributed by atoms with van der Waals surface area (Å²) in [6, 6.07) is 6.56. The first-order valence-electron chi connectivity index (χ1n) is 11.0. The molecule has 2 aromatic rings. The van der Waals surface area contributed by atoms with Crippen LogP contribution in [0.5, 0.6) is 0 Å². The standard InChI is InChI=1S/C28H33NO3/c1-15(2)27-22(12-20-13-26(32-8)24(29)14-25(20)31-7)17(4)11-21-9-16(3)10-23(28(21)27)18(5)19(6)30/h9-15,18,29H,1-8H3. The first-order valence-corrected chi connectivity index (χ1v) is 11.0. The lowest BCUT2D eigenvalue weighted by atomic mass is 9.81. The van der Waals surface area contributed by atoms with E-state index >= 15 is 0 Å². The third-order valence-corrected chi connectivity index (χ3v) is 6.21. The van der Waals surface area contributed by atoms with Crippen LogP contribution >= 0.6 is 0 Å². The highest BCUT2D eigenvalue weighted by Gasteiger charge is 2.23. The minimum Gasteiger partial charge on any atom is -0.496 e. The van der Waals surface area contributed by atoms with Gasteiger partial charge in [-0.25, -0.2) is 0 Å². The highest BCUT2D eigenvalue weighted by Crippen LogP contribution is 2.39. The van der Waals surface area contributed by atoms with E-state index in [0.29, 0.717) is 11.5 Å². The molecule has 1 aliphatic rings. The summed E-state index contributed by atoms with van der Waals surface area (Å²) in [5.74, 6) is 1.36. The monoisotopic (exact) mass is 431 g/mol. The van der Waals surface area contributed by atoms with Gasteiger partial charge >= 0.3 is 0 Å². The molecule has 0 fully saturated rings. The van der Waals surface area contributed by atoms with Gasteiger partial charge in [-0.2, -0.15) is 0 Å². The zero-order valence-electron chi connectivity index (χ0n) is 20.3. The number of benzene rings is 2. The van der Waals surface area contributed by atoms with Crippen LogP contribution < -0.4 is 0 Å². The summed E-state index contributed by atoms with van der Waals surface area (Å²) in [4.78, 5) is 12.4. The van der Waals surface area contributed by atoms with Crippen molar-refractivity contribution in [3.05, 3.63) is 75.3 Å². The fourth-order valence-corrected chi connectivity index (χ4v) is 4.47. The highest BCUT2D eigenvalue weighted by molar-refractivity contribution is 6.08. The predicted octanol–water partition coefficient (Wildman–Crippen LogP) is 6.75. The van der Waals surface area contributed by atoms with E-state index in [0.717, 1.165) is 38.6 Å². The molecule has 1 atom stereocenters. The van der Waals surface area contributed by atoms with E-state index in [2.05, 4.69) is 52.0 Å². The van der Waals surface area contributed by atoms with Crippen molar-refractivity contribution in [1.82, 2.24) is 0 Å². The molecule has 2 aromatic carbocycles. The van der Waals surface area contributed by atoms with E-state index in [-0.39, 0.29) is 23.3 Å². The average molecular weight is 432 g/mol. The van der Waals surface area contributed by atoms with Crippen LogP contribution in [0.4, 0.5) is 0 Å². The zero-order valence-corrected chi connectivity index (χ0v) is 20.3. The van der Waals surface area contributed by atoms with Gasteiger partial charge in [0, 0.05) is 17.6 Å². The van der Waals surface area contributed by atoms with Crippen molar-refractivity contribution < 1.29 is 14.3 Å². The number of fused-ring (bicyclic) bond motifs is 1. The number of hydrogen-bond donors (Lipinski definition) is 1. The third-order valence-electron chi connectivity index (χ3n) is 6.21. The molecule has 0 bridgehead atoms. The van der Waals surface area contributed by atoms with Crippen molar-refractivity contribution in [3.63, 3.8) is 0 Å². The quantitative estimate of drug-likeness (QED) is 0.550. The summed E-state index contributed by atoms with van der Waals surface area (Å²) in [6.07, 6.45) is 5.65. The summed E-state index contributed by atoms with van der Waals surface area (Å²) >= 11 is 0. The van der Waals surface area contributed by atoms with Gasteiger partial charge in [0.1, 0.15) is 17.3 Å². The number of nitrogens with one attached hydrogen (secondary N) is 1. The van der Waals surface area contributed by atoms with Crippen molar-refractivity contribution >= 4 is 28.3 Å². The summed E-state index contributed by atoms with van der Waals surface area (Å²) in [6.45, 7) is 12.2. The molecule has 0 saturated heterocycles. The number of ketones is 1. The van der Waals surface area contributed by atoms with Gasteiger partial charge in [-0.3, -0.25) is 10.2 Å². The average Bonchev–Trinajstić information content (AvgIpc) is 2.73. The van der Waals surface area contributed by atoms with Crippen molar-refractivity contribution in [2.24, 2.45) is 0 Å². The third kappa shape index (κ3) is 4.27. The Morgan fingerprint density at radius 3 is 2.22 bits per heavy atom. The Hall–Kier alpha value is -3.14. The molecular formula is C28H33NO3. The van der Waals surface area contributed by atoms with Crippen LogP contribution in [0.1, 0.15) is 67.3 Å². The fraction of sp³-hybridized carbons (Fsp3) is 0.357. The number of carbonyl (C=O) groups excluding carboxylic acids is 1. The smallest absolute Gasteiger partial charge is 0.144 e. The Balaban J connectivity index is 2.41. The lowest BCUT2D eigenvalue weighted by Gasteiger charge is -2.23. The molecule has 0 spiro atoms. The van der Waals surface area contributed by atoms with Gasteiger partial charge in [-0.1, -0.05) is 44.5 Å². The summed E-state index contributed by atoms with van der Waals surface area (Å²) in [5, 5.41) is 10.5. The van der Waals surface area contributed by atoms with E-state index in [9.17, 15) is 4.79 Å². The maximum atomic E-state index is 12.4. The van der Waals surface area contributed by atoms with Crippen LogP contribution in [0.25, 0.3) is 16.8 Å². The van der Waals surface area contributed by atoms with Crippen LogP contribution in [0.3, 0.4) is 0 Å². The van der Waals surface area contributed by atoms with Crippen molar-refractivity contribution in [3.8, 4) is 0 Å². The van der Waals surface area contributed by atoms with Gasteiger partial charge in [0.15, 0.2) is 0 Å². The highest BCUT2D eigenvalue weighted by atomic mass is 16.5. The minimum absolute atomic E-state index is 0.162.